The molecule has 1 atom stereocenters. The van der Waals surface area contributed by atoms with Crippen LogP contribution in [0.5, 0.6) is 0 Å². The molecule has 1 spiro atoms. The van der Waals surface area contributed by atoms with Gasteiger partial charge in [-0.2, -0.15) is 0 Å². The summed E-state index contributed by atoms with van der Waals surface area (Å²) in [5, 5.41) is 14.3. The molecule has 3 aromatic rings. The lowest BCUT2D eigenvalue weighted by atomic mass is 9.97. The maximum Gasteiger partial charge on any atom is 0.269 e. The molecular formula is C36H50N4O6SSi. The predicted octanol–water partition coefficient (Wildman–Crippen LogP) is 7.13. The number of aromatic nitrogens is 1. The van der Waals surface area contributed by atoms with Crippen LogP contribution >= 0.6 is 0 Å². The normalized spacial score (nSPS) is 17.0. The molecule has 48 heavy (non-hydrogen) atoms. The fraction of sp³-hybridized carbons (Fsp3) is 0.528. The fourth-order valence-electron chi connectivity index (χ4n) is 6.32. The molecule has 1 saturated carbocycles. The minimum absolute atomic E-state index is 0.00772. The molecule has 2 aliphatic rings. The zero-order chi connectivity index (χ0) is 34.9. The molecule has 1 N–H and O–H groups in total. The maximum absolute atomic E-state index is 15.0. The molecule has 1 unspecified atom stereocenters. The Morgan fingerprint density at radius 1 is 1.10 bits per heavy atom. The van der Waals surface area contributed by atoms with E-state index in [4.69, 9.17) is 14.3 Å². The van der Waals surface area contributed by atoms with Gasteiger partial charge in [0.05, 0.1) is 31.8 Å². The zero-order valence-electron chi connectivity index (χ0n) is 29.4. The van der Waals surface area contributed by atoms with Crippen LogP contribution in [0.25, 0.3) is 11.1 Å². The van der Waals surface area contributed by atoms with Crippen LogP contribution in [0.1, 0.15) is 81.2 Å². The summed E-state index contributed by atoms with van der Waals surface area (Å²) in [5.74, 6) is 0.883. The van der Waals surface area contributed by atoms with E-state index >= 15 is 8.42 Å². The number of carbonyl (C=O) groups is 1. The average molecular weight is 695 g/mol. The largest absolute Gasteiger partial charge is 0.392 e. The minimum atomic E-state index is -4.35. The highest BCUT2D eigenvalue weighted by molar-refractivity contribution is 7.93. The number of unbranched alkanes of at least 4 members (excludes halogenated alkanes) is 1. The van der Waals surface area contributed by atoms with Crippen LogP contribution < -0.4 is 4.31 Å². The van der Waals surface area contributed by atoms with Gasteiger partial charge in [-0.15, -0.1) is 0 Å². The summed E-state index contributed by atoms with van der Waals surface area (Å²) in [6, 6.07) is 12.5. The maximum atomic E-state index is 15.0. The lowest BCUT2D eigenvalue weighted by molar-refractivity contribution is -0.131. The molecule has 1 fully saturated rings. The van der Waals surface area contributed by atoms with E-state index in [1.54, 1.807) is 43.0 Å². The summed E-state index contributed by atoms with van der Waals surface area (Å²) in [7, 11) is -6.14. The van der Waals surface area contributed by atoms with Crippen LogP contribution in [0.3, 0.4) is 0 Å². The molecule has 0 saturated heterocycles. The van der Waals surface area contributed by atoms with E-state index < -0.39 is 23.6 Å². The number of amides is 1. The number of aliphatic hydroxyl groups excluding tert-OH is 1. The van der Waals surface area contributed by atoms with Gasteiger partial charge >= 0.3 is 0 Å². The van der Waals surface area contributed by atoms with Gasteiger partial charge in [-0.05, 0) is 62.8 Å². The molecule has 12 heteroatoms. The number of rotatable bonds is 14. The Morgan fingerprint density at radius 3 is 2.44 bits per heavy atom. The van der Waals surface area contributed by atoms with Gasteiger partial charge in [-0.3, -0.25) is 14.7 Å². The van der Waals surface area contributed by atoms with E-state index in [0.29, 0.717) is 39.9 Å². The lowest BCUT2D eigenvalue weighted by Crippen LogP contribution is -2.42. The highest BCUT2D eigenvalue weighted by Gasteiger charge is 2.49. The minimum Gasteiger partial charge on any atom is -0.392 e. The number of hydrogen-bond acceptors (Lipinski definition) is 8. The molecule has 1 aromatic heterocycles. The van der Waals surface area contributed by atoms with E-state index in [-0.39, 0.29) is 42.3 Å². The van der Waals surface area contributed by atoms with Gasteiger partial charge in [0.2, 0.25) is 5.88 Å². The summed E-state index contributed by atoms with van der Waals surface area (Å²) >= 11 is 0. The Kier molecular flexibility index (Phi) is 10.7. The molecule has 0 radical (unpaired) electrons. The van der Waals surface area contributed by atoms with Crippen molar-refractivity contribution in [3.05, 3.63) is 64.8 Å². The fourth-order valence-corrected chi connectivity index (χ4v) is 8.48. The highest BCUT2D eigenvalue weighted by atomic mass is 32.2. The summed E-state index contributed by atoms with van der Waals surface area (Å²) in [6.45, 7) is 13.8. The van der Waals surface area contributed by atoms with Crippen molar-refractivity contribution >= 4 is 35.7 Å². The highest BCUT2D eigenvalue weighted by Crippen LogP contribution is 2.41. The first-order valence-corrected chi connectivity index (χ1v) is 22.0. The van der Waals surface area contributed by atoms with Crippen LogP contribution in [-0.4, -0.2) is 61.4 Å². The first-order chi connectivity index (χ1) is 22.7. The number of ether oxygens (including phenoxy) is 1. The monoisotopic (exact) mass is 694 g/mol. The SMILES string of the molecule is CCCCC1=NC2(CCCC2)C(=O)N1Cc1ccc(-c2ccccc2CO)c(S(=O)(=O)N(COC(C)[Si](C)(C)C)c2onc(C)c2C)c1. The second-order valence-corrected chi connectivity index (χ2v) is 21.6. The second kappa shape index (κ2) is 14.3. The molecule has 10 nitrogen and oxygen atoms in total. The van der Waals surface area contributed by atoms with Gasteiger partial charge in [0.1, 0.15) is 18.1 Å². The van der Waals surface area contributed by atoms with Crippen LogP contribution in [0.15, 0.2) is 56.9 Å². The van der Waals surface area contributed by atoms with Gasteiger partial charge in [0, 0.05) is 23.3 Å². The number of amidine groups is 1. The van der Waals surface area contributed by atoms with E-state index in [0.717, 1.165) is 48.7 Å². The Labute approximate surface area is 286 Å². The van der Waals surface area contributed by atoms with Gasteiger partial charge < -0.3 is 14.4 Å². The van der Waals surface area contributed by atoms with Crippen molar-refractivity contribution in [3.8, 4) is 11.1 Å². The molecule has 1 aliphatic heterocycles. The molecule has 2 aromatic carbocycles. The van der Waals surface area contributed by atoms with E-state index in [9.17, 15) is 9.90 Å². The molecule has 0 bridgehead atoms. The standard InChI is InChI=1S/C36H50N4O6SSi/c1-8-9-16-33-37-36(19-12-13-20-36)35(42)39(33)22-28-17-18-31(30-15-11-10-14-29(30)23-41)32(21-28)47(43,44)40(24-45-27(4)48(5,6)7)34-25(2)26(3)38-46-34/h10-11,14-15,17-18,21,27,41H,8-9,12-13,16,19-20,22-24H2,1-7H3. The Morgan fingerprint density at radius 2 is 1.81 bits per heavy atom. The second-order valence-electron chi connectivity index (χ2n) is 14.3. The number of aliphatic imine (C=N–C) groups is 1. The molecule has 1 aliphatic carbocycles. The van der Waals surface area contributed by atoms with Gasteiger partial charge in [0.25, 0.3) is 15.9 Å². The molecule has 2 heterocycles. The molecular weight excluding hydrogens is 645 g/mol. The van der Waals surface area contributed by atoms with Crippen molar-refractivity contribution in [1.29, 1.82) is 0 Å². The number of sulfonamides is 1. The Hall–Kier alpha value is -3.32. The van der Waals surface area contributed by atoms with Crippen molar-refractivity contribution in [3.63, 3.8) is 0 Å². The van der Waals surface area contributed by atoms with Crippen LogP contribution in [0, 0.1) is 13.8 Å². The molecule has 1 amide bonds. The summed E-state index contributed by atoms with van der Waals surface area (Å²) < 4.78 is 43.1. The number of nitrogens with zero attached hydrogens (tertiary/aromatic N) is 4. The van der Waals surface area contributed by atoms with E-state index in [1.165, 1.54) is 0 Å². The summed E-state index contributed by atoms with van der Waals surface area (Å²) in [5.41, 5.74) is 2.61. The van der Waals surface area contributed by atoms with Gasteiger partial charge in [-0.25, -0.2) is 12.7 Å². The zero-order valence-corrected chi connectivity index (χ0v) is 31.2. The number of aryl methyl sites for hydroxylation is 1. The third-order valence-electron chi connectivity index (χ3n) is 9.94. The van der Waals surface area contributed by atoms with Crippen LogP contribution in [-0.2, 0) is 32.7 Å². The van der Waals surface area contributed by atoms with Crippen LogP contribution in [0.2, 0.25) is 19.6 Å². The van der Waals surface area contributed by atoms with E-state index in [2.05, 4.69) is 31.7 Å². The van der Waals surface area contributed by atoms with Crippen molar-refractivity contribution in [1.82, 2.24) is 10.1 Å². The van der Waals surface area contributed by atoms with Gasteiger partial charge in [0.15, 0.2) is 0 Å². The quantitative estimate of drug-likeness (QED) is 0.141. The first kappa shape index (κ1) is 36.0. The van der Waals surface area contributed by atoms with Gasteiger partial charge in [-0.1, -0.05) is 87.4 Å². The predicted molar refractivity (Wildman–Crippen MR) is 191 cm³/mol. The number of carbonyl (C=O) groups excluding carboxylic acids is 1. The molecule has 5 rings (SSSR count). The van der Waals surface area contributed by atoms with Crippen molar-refractivity contribution < 1.29 is 27.6 Å². The Balaban J connectivity index is 1.63. The van der Waals surface area contributed by atoms with E-state index in [1.807, 2.05) is 25.1 Å². The number of benzene rings is 2. The number of hydrogen-bond donors (Lipinski definition) is 1. The third kappa shape index (κ3) is 7.03. The van der Waals surface area contributed by atoms with Crippen LogP contribution in [0.4, 0.5) is 5.88 Å². The molecule has 260 valence electrons. The summed E-state index contributed by atoms with van der Waals surface area (Å²) in [4.78, 5) is 20.8. The first-order valence-electron chi connectivity index (χ1n) is 17.0. The Bertz CT molecular complexity index is 1770. The smallest absolute Gasteiger partial charge is 0.269 e. The topological polar surface area (TPSA) is 126 Å². The lowest BCUT2D eigenvalue weighted by Gasteiger charge is -2.30. The van der Waals surface area contributed by atoms with Crippen molar-refractivity contribution in [2.24, 2.45) is 4.99 Å². The average Bonchev–Trinajstić information content (AvgIpc) is 3.74. The third-order valence-corrected chi connectivity index (χ3v) is 14.3. The van der Waals surface area contributed by atoms with Crippen molar-refractivity contribution in [2.75, 3.05) is 11.0 Å². The van der Waals surface area contributed by atoms with Crippen molar-refractivity contribution in [2.45, 2.75) is 122 Å². The summed E-state index contributed by atoms with van der Waals surface area (Å²) in [6.07, 6.45) is 6.02. The number of aliphatic hydroxyl groups is 1. The number of anilines is 1.